The fourth-order valence-corrected chi connectivity index (χ4v) is 5.45. The summed E-state index contributed by atoms with van der Waals surface area (Å²) in [6.45, 7) is 2.22. The number of amides is 1. The molecule has 9 heteroatoms. The van der Waals surface area contributed by atoms with Gasteiger partial charge in [0.15, 0.2) is 0 Å². The molecule has 0 saturated heterocycles. The van der Waals surface area contributed by atoms with Crippen LogP contribution >= 0.6 is 35.0 Å². The van der Waals surface area contributed by atoms with E-state index >= 15 is 0 Å². The van der Waals surface area contributed by atoms with E-state index in [1.165, 1.54) is 4.31 Å². The predicted molar refractivity (Wildman–Crippen MR) is 123 cm³/mol. The molecule has 0 fully saturated rings. The van der Waals surface area contributed by atoms with Crippen molar-refractivity contribution in [2.75, 3.05) is 22.9 Å². The average Bonchev–Trinajstić information content (AvgIpc) is 2.66. The Balaban J connectivity index is 1.93. The summed E-state index contributed by atoms with van der Waals surface area (Å²) in [5, 5.41) is 4.06. The van der Waals surface area contributed by atoms with E-state index in [9.17, 15) is 13.2 Å². The molecule has 1 atom stereocenters. The molecule has 0 aromatic heterocycles. The van der Waals surface area contributed by atoms with Crippen LogP contribution in [0.1, 0.15) is 18.9 Å². The fourth-order valence-electron chi connectivity index (χ4n) is 2.82. The third-order valence-corrected chi connectivity index (χ3v) is 6.93. The number of sulfonamides is 1. The van der Waals surface area contributed by atoms with Gasteiger partial charge in [-0.05, 0) is 36.2 Å². The van der Waals surface area contributed by atoms with E-state index < -0.39 is 16.1 Å². The van der Waals surface area contributed by atoms with Crippen LogP contribution in [0, 0.1) is 0 Å². The lowest BCUT2D eigenvalue weighted by molar-refractivity contribution is -0.122. The summed E-state index contributed by atoms with van der Waals surface area (Å²) in [4.78, 5) is 12.7. The van der Waals surface area contributed by atoms with E-state index in [-0.39, 0.29) is 5.91 Å². The number of carbonyl (C=O) groups excluding carboxylic acids is 1. The maximum Gasteiger partial charge on any atom is 0.243 e. The fraction of sp³-hybridized carbons (Fsp3) is 0.350. The van der Waals surface area contributed by atoms with Crippen LogP contribution in [0.5, 0.6) is 0 Å². The van der Waals surface area contributed by atoms with Gasteiger partial charge in [-0.3, -0.25) is 9.10 Å². The Bertz CT molecular complexity index is 925. The molecule has 29 heavy (non-hydrogen) atoms. The van der Waals surface area contributed by atoms with Crippen molar-refractivity contribution >= 4 is 56.6 Å². The van der Waals surface area contributed by atoms with Crippen molar-refractivity contribution < 1.29 is 13.2 Å². The lowest BCUT2D eigenvalue weighted by atomic mass is 10.2. The zero-order chi connectivity index (χ0) is 21.4. The van der Waals surface area contributed by atoms with Crippen molar-refractivity contribution in [3.05, 3.63) is 64.1 Å². The Morgan fingerprint density at radius 1 is 1.17 bits per heavy atom. The molecule has 0 aliphatic carbocycles. The number of carbonyl (C=O) groups is 1. The summed E-state index contributed by atoms with van der Waals surface area (Å²) in [5.41, 5.74) is 1.45. The van der Waals surface area contributed by atoms with Gasteiger partial charge in [-0.1, -0.05) is 54.4 Å². The highest BCUT2D eigenvalue weighted by Gasteiger charge is 2.31. The second-order valence-corrected chi connectivity index (χ2v) is 10.2. The van der Waals surface area contributed by atoms with Crippen molar-refractivity contribution in [1.29, 1.82) is 0 Å². The van der Waals surface area contributed by atoms with Crippen LogP contribution in [-0.2, 0) is 20.6 Å². The summed E-state index contributed by atoms with van der Waals surface area (Å²) in [7, 11) is -3.61. The van der Waals surface area contributed by atoms with E-state index in [1.54, 1.807) is 61.2 Å². The highest BCUT2D eigenvalue weighted by molar-refractivity contribution is 7.98. The van der Waals surface area contributed by atoms with Crippen LogP contribution in [0.2, 0.25) is 10.0 Å². The van der Waals surface area contributed by atoms with Gasteiger partial charge < -0.3 is 5.32 Å². The molecular formula is C20H24Cl2N2O3S2. The van der Waals surface area contributed by atoms with Crippen LogP contribution < -0.4 is 9.62 Å². The molecule has 0 radical (unpaired) electrons. The number of benzene rings is 2. The topological polar surface area (TPSA) is 66.5 Å². The molecule has 0 aliphatic rings. The summed E-state index contributed by atoms with van der Waals surface area (Å²) in [5.74, 6) is 1.06. The van der Waals surface area contributed by atoms with Gasteiger partial charge in [-0.15, -0.1) is 0 Å². The summed E-state index contributed by atoms with van der Waals surface area (Å²) in [6.07, 6.45) is 1.48. The van der Waals surface area contributed by atoms with Gasteiger partial charge in [0.05, 0.1) is 11.9 Å². The number of thioether (sulfide) groups is 1. The summed E-state index contributed by atoms with van der Waals surface area (Å²) < 4.78 is 25.9. The standard InChI is InChI=1S/C20H24Cl2N2O3S2/c1-3-19(24(29(2,26)27)17-7-5-4-6-8-17)20(25)23-11-12-28-14-15-9-10-16(21)13-18(15)22/h4-10,13,19H,3,11-12,14H2,1-2H3,(H,23,25)/t19-/m0/s1. The van der Waals surface area contributed by atoms with Crippen LogP contribution in [-0.4, -0.2) is 38.9 Å². The minimum atomic E-state index is -3.61. The molecule has 1 N–H and O–H groups in total. The zero-order valence-electron chi connectivity index (χ0n) is 16.3. The molecular weight excluding hydrogens is 451 g/mol. The maximum atomic E-state index is 12.7. The van der Waals surface area contributed by atoms with Gasteiger partial charge in [0.25, 0.3) is 0 Å². The number of halogens is 2. The van der Waals surface area contributed by atoms with Crippen molar-refractivity contribution in [3.8, 4) is 0 Å². The largest absolute Gasteiger partial charge is 0.353 e. The number of anilines is 1. The van der Waals surface area contributed by atoms with Crippen LogP contribution in [0.4, 0.5) is 5.69 Å². The number of rotatable bonds is 10. The molecule has 0 aliphatic heterocycles. The normalized spacial score (nSPS) is 12.4. The molecule has 0 bridgehead atoms. The van der Waals surface area contributed by atoms with Crippen molar-refractivity contribution in [3.63, 3.8) is 0 Å². The Kier molecular flexibility index (Phi) is 9.14. The first-order valence-electron chi connectivity index (χ1n) is 9.08. The maximum absolute atomic E-state index is 12.7. The van der Waals surface area contributed by atoms with Gasteiger partial charge in [-0.2, -0.15) is 11.8 Å². The van der Waals surface area contributed by atoms with Gasteiger partial charge in [-0.25, -0.2) is 8.42 Å². The minimum Gasteiger partial charge on any atom is -0.353 e. The highest BCUT2D eigenvalue weighted by atomic mass is 35.5. The van der Waals surface area contributed by atoms with Crippen molar-refractivity contribution in [2.24, 2.45) is 0 Å². The third-order valence-electron chi connectivity index (χ3n) is 4.16. The Morgan fingerprint density at radius 3 is 2.45 bits per heavy atom. The highest BCUT2D eigenvalue weighted by Crippen LogP contribution is 2.25. The molecule has 2 rings (SSSR count). The Morgan fingerprint density at radius 2 is 1.86 bits per heavy atom. The van der Waals surface area contributed by atoms with E-state index in [1.807, 2.05) is 6.07 Å². The quantitative estimate of drug-likeness (QED) is 0.511. The Hall–Kier alpha value is -1.41. The lowest BCUT2D eigenvalue weighted by Crippen LogP contribution is -2.49. The monoisotopic (exact) mass is 474 g/mol. The molecule has 0 saturated carbocycles. The van der Waals surface area contributed by atoms with Crippen molar-refractivity contribution in [2.45, 2.75) is 25.1 Å². The van der Waals surface area contributed by atoms with Gasteiger partial charge in [0.1, 0.15) is 6.04 Å². The number of para-hydroxylation sites is 1. The van der Waals surface area contributed by atoms with Crippen LogP contribution in [0.15, 0.2) is 48.5 Å². The minimum absolute atomic E-state index is 0.313. The Labute approximate surface area is 186 Å². The van der Waals surface area contributed by atoms with Gasteiger partial charge >= 0.3 is 0 Å². The third kappa shape index (κ3) is 7.10. The molecule has 0 heterocycles. The number of hydrogen-bond acceptors (Lipinski definition) is 4. The predicted octanol–water partition coefficient (Wildman–Crippen LogP) is 4.59. The molecule has 158 valence electrons. The number of nitrogens with one attached hydrogen (secondary N) is 1. The lowest BCUT2D eigenvalue weighted by Gasteiger charge is -2.30. The van der Waals surface area contributed by atoms with Gasteiger partial charge in [0, 0.05) is 28.1 Å². The first-order chi connectivity index (χ1) is 13.7. The van der Waals surface area contributed by atoms with Crippen LogP contribution in [0.3, 0.4) is 0 Å². The average molecular weight is 475 g/mol. The number of hydrogen-bond donors (Lipinski definition) is 1. The van der Waals surface area contributed by atoms with E-state index in [2.05, 4.69) is 5.32 Å². The first kappa shape index (κ1) is 23.9. The van der Waals surface area contributed by atoms with E-state index in [4.69, 9.17) is 23.2 Å². The number of nitrogens with zero attached hydrogens (tertiary/aromatic N) is 1. The smallest absolute Gasteiger partial charge is 0.243 e. The SMILES string of the molecule is CC[C@@H](C(=O)NCCSCc1ccc(Cl)cc1Cl)N(c1ccccc1)S(C)(=O)=O. The summed E-state index contributed by atoms with van der Waals surface area (Å²) in [6, 6.07) is 13.2. The van der Waals surface area contributed by atoms with E-state index in [0.717, 1.165) is 11.8 Å². The molecule has 0 unspecified atom stereocenters. The zero-order valence-corrected chi connectivity index (χ0v) is 19.4. The van der Waals surface area contributed by atoms with E-state index in [0.29, 0.717) is 40.2 Å². The molecule has 5 nitrogen and oxygen atoms in total. The molecule has 0 spiro atoms. The van der Waals surface area contributed by atoms with Crippen molar-refractivity contribution in [1.82, 2.24) is 5.32 Å². The summed E-state index contributed by atoms with van der Waals surface area (Å²) >= 11 is 13.7. The molecule has 2 aromatic rings. The second kappa shape index (κ2) is 11.1. The van der Waals surface area contributed by atoms with Crippen LogP contribution in [0.25, 0.3) is 0 Å². The molecule has 1 amide bonds. The molecule has 2 aromatic carbocycles. The second-order valence-electron chi connectivity index (χ2n) is 6.40. The van der Waals surface area contributed by atoms with Gasteiger partial charge in [0.2, 0.25) is 15.9 Å². The first-order valence-corrected chi connectivity index (χ1v) is 12.8.